The van der Waals surface area contributed by atoms with Crippen LogP contribution in [0, 0.1) is 0 Å². The highest BCUT2D eigenvalue weighted by Crippen LogP contribution is 2.42. The average Bonchev–Trinajstić information content (AvgIpc) is 3.18. The molecule has 1 N–H and O–H groups in total. The molecule has 0 fully saturated rings. The van der Waals surface area contributed by atoms with E-state index in [0.717, 1.165) is 33.5 Å². The molecule has 0 bridgehead atoms. The van der Waals surface area contributed by atoms with Crippen LogP contribution in [0.1, 0.15) is 18.4 Å². The Balaban J connectivity index is 1.63. The van der Waals surface area contributed by atoms with Gasteiger partial charge in [-0.15, -0.1) is 0 Å². The van der Waals surface area contributed by atoms with Crippen LogP contribution in [-0.2, 0) is 4.79 Å². The van der Waals surface area contributed by atoms with Gasteiger partial charge in [-0.05, 0) is 35.4 Å². The predicted molar refractivity (Wildman–Crippen MR) is 114 cm³/mol. The number of carbonyl (C=O) groups excluding carboxylic acids is 1. The molecule has 6 nitrogen and oxygen atoms in total. The Hall–Kier alpha value is -3.41. The lowest BCUT2D eigenvalue weighted by Crippen LogP contribution is -2.34. The van der Waals surface area contributed by atoms with Crippen LogP contribution in [-0.4, -0.2) is 33.9 Å². The number of carbonyl (C=O) groups is 1. The molecule has 1 aliphatic heterocycles. The minimum atomic E-state index is -0.289. The average molecular weight is 392 g/mol. The van der Waals surface area contributed by atoms with Gasteiger partial charge in [0, 0.05) is 12.1 Å². The van der Waals surface area contributed by atoms with E-state index in [1.54, 1.807) is 26.2 Å². The summed E-state index contributed by atoms with van der Waals surface area (Å²) in [6.45, 7) is 2.35. The zero-order valence-corrected chi connectivity index (χ0v) is 17.0. The molecular formula is C23H24N2O4. The van der Waals surface area contributed by atoms with Gasteiger partial charge in [0.15, 0.2) is 11.5 Å². The number of anilines is 2. The van der Waals surface area contributed by atoms with E-state index >= 15 is 0 Å². The summed E-state index contributed by atoms with van der Waals surface area (Å²) in [6.07, 6.45) is 0. The fraction of sp³-hybridized carbons (Fsp3) is 0.261. The van der Waals surface area contributed by atoms with E-state index in [1.807, 2.05) is 49.4 Å². The number of nitrogens with one attached hydrogen (secondary N) is 1. The zero-order chi connectivity index (χ0) is 20.5. The maximum Gasteiger partial charge on any atom is 0.235 e. The van der Waals surface area contributed by atoms with Crippen molar-refractivity contribution < 1.29 is 19.0 Å². The van der Waals surface area contributed by atoms with Crippen LogP contribution in [0.25, 0.3) is 10.8 Å². The van der Waals surface area contributed by atoms with Gasteiger partial charge in [-0.1, -0.05) is 24.3 Å². The second kappa shape index (κ2) is 7.54. The lowest BCUT2D eigenvalue weighted by atomic mass is 9.96. The van der Waals surface area contributed by atoms with E-state index < -0.39 is 0 Å². The molecule has 3 aromatic carbocycles. The molecule has 3 aromatic rings. The topological polar surface area (TPSA) is 60.0 Å². The van der Waals surface area contributed by atoms with Crippen molar-refractivity contribution in [1.29, 1.82) is 0 Å². The Kier molecular flexibility index (Phi) is 4.92. The number of methoxy groups -OCH3 is 3. The Morgan fingerprint density at radius 2 is 1.62 bits per heavy atom. The highest BCUT2D eigenvalue weighted by atomic mass is 16.5. The molecule has 1 atom stereocenters. The first-order valence-electron chi connectivity index (χ1n) is 9.44. The van der Waals surface area contributed by atoms with Crippen molar-refractivity contribution in [2.24, 2.45) is 0 Å². The summed E-state index contributed by atoms with van der Waals surface area (Å²) in [5.74, 6) is 1.78. The van der Waals surface area contributed by atoms with Crippen LogP contribution in [0.5, 0.6) is 17.2 Å². The van der Waals surface area contributed by atoms with E-state index in [9.17, 15) is 4.79 Å². The molecule has 1 aliphatic rings. The smallest absolute Gasteiger partial charge is 0.235 e. The fourth-order valence-electron chi connectivity index (χ4n) is 3.69. The molecule has 1 heterocycles. The van der Waals surface area contributed by atoms with Gasteiger partial charge in [0.25, 0.3) is 0 Å². The third-order valence-electron chi connectivity index (χ3n) is 5.43. The van der Waals surface area contributed by atoms with Crippen LogP contribution < -0.4 is 24.4 Å². The Morgan fingerprint density at radius 3 is 2.34 bits per heavy atom. The van der Waals surface area contributed by atoms with Gasteiger partial charge in [-0.25, -0.2) is 0 Å². The molecule has 0 spiro atoms. The number of ether oxygens (including phenoxy) is 3. The van der Waals surface area contributed by atoms with Crippen molar-refractivity contribution in [1.82, 2.24) is 0 Å². The molecule has 150 valence electrons. The molecule has 6 heteroatoms. The third kappa shape index (κ3) is 3.31. The molecule has 4 rings (SSSR count). The van der Waals surface area contributed by atoms with Gasteiger partial charge >= 0.3 is 0 Å². The van der Waals surface area contributed by atoms with Crippen molar-refractivity contribution in [2.45, 2.75) is 12.8 Å². The van der Waals surface area contributed by atoms with Crippen molar-refractivity contribution in [3.05, 3.63) is 54.1 Å². The van der Waals surface area contributed by atoms with Crippen molar-refractivity contribution in [3.8, 4) is 17.2 Å². The molecule has 29 heavy (non-hydrogen) atoms. The van der Waals surface area contributed by atoms with Gasteiger partial charge in [0.2, 0.25) is 5.91 Å². The molecule has 0 saturated heterocycles. The molecular weight excluding hydrogens is 368 g/mol. The number of rotatable bonds is 5. The van der Waals surface area contributed by atoms with Crippen molar-refractivity contribution in [2.75, 3.05) is 38.2 Å². The lowest BCUT2D eigenvalue weighted by molar-refractivity contribution is -0.119. The van der Waals surface area contributed by atoms with Gasteiger partial charge in [-0.2, -0.15) is 0 Å². The minimum absolute atomic E-state index is 0.0244. The first-order chi connectivity index (χ1) is 14.0. The van der Waals surface area contributed by atoms with Gasteiger partial charge < -0.3 is 19.5 Å². The minimum Gasteiger partial charge on any atom is -0.497 e. The van der Waals surface area contributed by atoms with E-state index in [2.05, 4.69) is 11.4 Å². The van der Waals surface area contributed by atoms with E-state index in [1.165, 1.54) is 0 Å². The van der Waals surface area contributed by atoms with E-state index in [-0.39, 0.29) is 11.8 Å². The highest BCUT2D eigenvalue weighted by Gasteiger charge is 2.30. The first-order valence-corrected chi connectivity index (χ1v) is 9.44. The Labute approximate surface area is 170 Å². The number of amides is 1. The van der Waals surface area contributed by atoms with Crippen molar-refractivity contribution in [3.63, 3.8) is 0 Å². The fourth-order valence-corrected chi connectivity index (χ4v) is 3.69. The summed E-state index contributed by atoms with van der Waals surface area (Å²) in [4.78, 5) is 15.0. The van der Waals surface area contributed by atoms with Crippen molar-refractivity contribution >= 4 is 28.1 Å². The Morgan fingerprint density at radius 1 is 0.931 bits per heavy atom. The number of hydrogen-bond donors (Lipinski definition) is 1. The van der Waals surface area contributed by atoms with Crippen LogP contribution >= 0.6 is 0 Å². The molecule has 0 aliphatic carbocycles. The standard InChI is InChI=1S/C23H24N2O4/c1-14(15-5-6-17-10-18(27-2)8-7-16(17)9-15)23(26)25-13-24-19-11-21(28-3)22(29-4)12-20(19)25/h5-12,14,24H,13H2,1-4H3/t14-/m0/s1. The van der Waals surface area contributed by atoms with Gasteiger partial charge in [0.1, 0.15) is 5.75 Å². The van der Waals surface area contributed by atoms with Crippen LogP contribution in [0.3, 0.4) is 0 Å². The predicted octanol–water partition coefficient (Wildman–Crippen LogP) is 4.39. The zero-order valence-electron chi connectivity index (χ0n) is 17.0. The summed E-state index contributed by atoms with van der Waals surface area (Å²) in [5.41, 5.74) is 2.63. The summed E-state index contributed by atoms with van der Waals surface area (Å²) in [7, 11) is 4.84. The van der Waals surface area contributed by atoms with Crippen LogP contribution in [0.4, 0.5) is 11.4 Å². The van der Waals surface area contributed by atoms with Crippen LogP contribution in [0.2, 0.25) is 0 Å². The number of benzene rings is 3. The summed E-state index contributed by atoms with van der Waals surface area (Å²) >= 11 is 0. The van der Waals surface area contributed by atoms with E-state index in [0.29, 0.717) is 18.2 Å². The normalized spacial score (nSPS) is 13.6. The molecule has 0 radical (unpaired) electrons. The SMILES string of the molecule is COc1ccc2cc([C@H](C)C(=O)N3CNc4cc(OC)c(OC)cc43)ccc2c1. The Bertz CT molecular complexity index is 1080. The van der Waals surface area contributed by atoms with Gasteiger partial charge in [-0.3, -0.25) is 9.69 Å². The largest absolute Gasteiger partial charge is 0.497 e. The maximum absolute atomic E-state index is 13.3. The third-order valence-corrected chi connectivity index (χ3v) is 5.43. The summed E-state index contributed by atoms with van der Waals surface area (Å²) in [6, 6.07) is 15.7. The second-order valence-electron chi connectivity index (χ2n) is 7.02. The van der Waals surface area contributed by atoms with Gasteiger partial charge in [0.05, 0.1) is 45.3 Å². The maximum atomic E-state index is 13.3. The first kappa shape index (κ1) is 18.9. The molecule has 0 saturated carbocycles. The number of nitrogens with zero attached hydrogens (tertiary/aromatic N) is 1. The van der Waals surface area contributed by atoms with E-state index in [4.69, 9.17) is 14.2 Å². The molecule has 0 aromatic heterocycles. The quantitative estimate of drug-likeness (QED) is 0.698. The molecule has 0 unspecified atom stereocenters. The number of hydrogen-bond acceptors (Lipinski definition) is 5. The number of fused-ring (bicyclic) bond motifs is 2. The molecule has 1 amide bonds. The lowest BCUT2D eigenvalue weighted by Gasteiger charge is -2.22. The highest BCUT2D eigenvalue weighted by molar-refractivity contribution is 6.03. The monoisotopic (exact) mass is 392 g/mol. The summed E-state index contributed by atoms with van der Waals surface area (Å²) < 4.78 is 16.0. The van der Waals surface area contributed by atoms with Crippen LogP contribution in [0.15, 0.2) is 48.5 Å². The summed E-state index contributed by atoms with van der Waals surface area (Å²) in [5, 5.41) is 5.42. The second-order valence-corrected chi connectivity index (χ2v) is 7.02.